The fourth-order valence-corrected chi connectivity index (χ4v) is 3.54. The van der Waals surface area contributed by atoms with Gasteiger partial charge in [0.05, 0.1) is 0 Å². The van der Waals surface area contributed by atoms with Crippen LogP contribution < -0.4 is 5.73 Å². The molecule has 2 aromatic carbocycles. The molecule has 0 saturated carbocycles. The Bertz CT molecular complexity index is 843. The molecule has 2 nitrogen and oxygen atoms in total. The highest BCUT2D eigenvalue weighted by molar-refractivity contribution is 5.91. The maximum Gasteiger partial charge on any atom is 0.0500 e. The first-order valence-corrected chi connectivity index (χ1v) is 9.05. The van der Waals surface area contributed by atoms with Gasteiger partial charge in [-0.1, -0.05) is 36.8 Å². The number of nitrogens with two attached hydrogens (primary N) is 1. The minimum atomic E-state index is 0.765. The third-order valence-corrected chi connectivity index (χ3v) is 4.91. The summed E-state index contributed by atoms with van der Waals surface area (Å²) in [6.07, 6.45) is 4.36. The topological polar surface area (TPSA) is 41.8 Å². The van der Waals surface area contributed by atoms with Gasteiger partial charge >= 0.3 is 0 Å². The Labute approximate surface area is 145 Å². The molecule has 0 aliphatic heterocycles. The summed E-state index contributed by atoms with van der Waals surface area (Å²) in [6, 6.07) is 13.5. The van der Waals surface area contributed by atoms with E-state index < -0.39 is 0 Å². The van der Waals surface area contributed by atoms with E-state index in [9.17, 15) is 0 Å². The molecule has 1 heterocycles. The van der Waals surface area contributed by atoms with E-state index in [1.54, 1.807) is 0 Å². The first kappa shape index (κ1) is 16.8. The second kappa shape index (κ2) is 7.23. The lowest BCUT2D eigenvalue weighted by Crippen LogP contribution is -1.99. The third-order valence-electron chi connectivity index (χ3n) is 4.91. The molecule has 3 aromatic rings. The highest BCUT2D eigenvalue weighted by atomic mass is 14.7. The van der Waals surface area contributed by atoms with E-state index in [0.717, 1.165) is 32.2 Å². The van der Waals surface area contributed by atoms with E-state index in [1.807, 2.05) is 0 Å². The summed E-state index contributed by atoms with van der Waals surface area (Å²) in [6.45, 7) is 7.33. The van der Waals surface area contributed by atoms with Gasteiger partial charge in [-0.2, -0.15) is 0 Å². The molecule has 24 heavy (non-hydrogen) atoms. The SMILES string of the molecule is CCc1ccc2[nH]c(-c3ccc(C)cc3C)c(CCCCN)c2c1. The van der Waals surface area contributed by atoms with Crippen molar-refractivity contribution >= 4 is 10.9 Å². The van der Waals surface area contributed by atoms with Crippen LogP contribution in [0.2, 0.25) is 0 Å². The van der Waals surface area contributed by atoms with Gasteiger partial charge in [-0.25, -0.2) is 0 Å². The summed E-state index contributed by atoms with van der Waals surface area (Å²) in [5.41, 5.74) is 15.0. The molecule has 0 fully saturated rings. The molecule has 0 bridgehead atoms. The number of aromatic nitrogens is 1. The van der Waals surface area contributed by atoms with Crippen molar-refractivity contribution in [2.75, 3.05) is 6.54 Å². The first-order chi connectivity index (χ1) is 11.6. The minimum absolute atomic E-state index is 0.765. The molecule has 3 N–H and O–H groups in total. The standard InChI is InChI=1S/C22H28N2/c1-4-17-9-11-21-20(14-17)19(7-5-6-12-23)22(24-21)18-10-8-15(2)13-16(18)3/h8-11,13-14,24H,4-7,12,23H2,1-3H3. The summed E-state index contributed by atoms with van der Waals surface area (Å²) in [4.78, 5) is 3.69. The molecule has 3 rings (SSSR count). The van der Waals surface area contributed by atoms with Crippen molar-refractivity contribution in [3.05, 3.63) is 58.7 Å². The number of aromatic amines is 1. The second-order valence-corrected chi connectivity index (χ2v) is 6.78. The van der Waals surface area contributed by atoms with Crippen LogP contribution in [0.15, 0.2) is 36.4 Å². The molecule has 0 amide bonds. The van der Waals surface area contributed by atoms with E-state index in [4.69, 9.17) is 5.73 Å². The molecule has 1 aromatic heterocycles. The number of nitrogens with one attached hydrogen (secondary N) is 1. The predicted octanol–water partition coefficient (Wildman–Crippen LogP) is 5.30. The monoisotopic (exact) mass is 320 g/mol. The normalized spacial score (nSPS) is 11.3. The lowest BCUT2D eigenvalue weighted by Gasteiger charge is -2.09. The van der Waals surface area contributed by atoms with E-state index in [0.29, 0.717) is 0 Å². The number of aryl methyl sites for hydroxylation is 4. The van der Waals surface area contributed by atoms with Gasteiger partial charge in [0.15, 0.2) is 0 Å². The lowest BCUT2D eigenvalue weighted by atomic mass is 9.96. The van der Waals surface area contributed by atoms with Crippen molar-refractivity contribution in [1.82, 2.24) is 4.98 Å². The van der Waals surface area contributed by atoms with E-state index in [1.165, 1.54) is 44.4 Å². The fraction of sp³-hybridized carbons (Fsp3) is 0.364. The molecule has 0 unspecified atom stereocenters. The van der Waals surface area contributed by atoms with E-state index >= 15 is 0 Å². The second-order valence-electron chi connectivity index (χ2n) is 6.78. The Morgan fingerprint density at radius 2 is 1.83 bits per heavy atom. The number of benzene rings is 2. The van der Waals surface area contributed by atoms with Crippen LogP contribution in [0.25, 0.3) is 22.2 Å². The number of hydrogen-bond acceptors (Lipinski definition) is 1. The quantitative estimate of drug-likeness (QED) is 0.595. The van der Waals surface area contributed by atoms with Gasteiger partial charge in [0.2, 0.25) is 0 Å². The average molecular weight is 320 g/mol. The highest BCUT2D eigenvalue weighted by Crippen LogP contribution is 2.34. The lowest BCUT2D eigenvalue weighted by molar-refractivity contribution is 0.748. The van der Waals surface area contributed by atoms with Gasteiger partial charge in [0.1, 0.15) is 0 Å². The molecule has 0 aliphatic carbocycles. The van der Waals surface area contributed by atoms with Crippen LogP contribution in [0.1, 0.15) is 42.0 Å². The maximum atomic E-state index is 5.71. The van der Waals surface area contributed by atoms with Crippen molar-refractivity contribution in [1.29, 1.82) is 0 Å². The number of hydrogen-bond donors (Lipinski definition) is 2. The zero-order chi connectivity index (χ0) is 17.1. The van der Waals surface area contributed by atoms with E-state index in [2.05, 4.69) is 62.2 Å². The van der Waals surface area contributed by atoms with Crippen molar-refractivity contribution < 1.29 is 0 Å². The van der Waals surface area contributed by atoms with Crippen LogP contribution >= 0.6 is 0 Å². The Hall–Kier alpha value is -2.06. The van der Waals surface area contributed by atoms with Gasteiger partial charge in [0, 0.05) is 22.2 Å². The van der Waals surface area contributed by atoms with Crippen LogP contribution in [0.5, 0.6) is 0 Å². The van der Waals surface area contributed by atoms with Gasteiger partial charge in [-0.15, -0.1) is 0 Å². The Morgan fingerprint density at radius 1 is 1.00 bits per heavy atom. The first-order valence-electron chi connectivity index (χ1n) is 9.05. The Balaban J connectivity index is 2.16. The highest BCUT2D eigenvalue weighted by Gasteiger charge is 2.15. The summed E-state index contributed by atoms with van der Waals surface area (Å²) in [7, 11) is 0. The Kier molecular flexibility index (Phi) is 5.06. The van der Waals surface area contributed by atoms with Crippen LogP contribution in [-0.4, -0.2) is 11.5 Å². The zero-order valence-electron chi connectivity index (χ0n) is 15.1. The van der Waals surface area contributed by atoms with Gasteiger partial charge in [-0.3, -0.25) is 0 Å². The summed E-state index contributed by atoms with van der Waals surface area (Å²) in [5.74, 6) is 0. The molecular weight excluding hydrogens is 292 g/mol. The van der Waals surface area contributed by atoms with Crippen molar-refractivity contribution in [2.45, 2.75) is 46.5 Å². The largest absolute Gasteiger partial charge is 0.354 e. The number of H-pyrrole nitrogens is 1. The molecule has 0 spiro atoms. The van der Waals surface area contributed by atoms with Crippen molar-refractivity contribution in [2.24, 2.45) is 5.73 Å². The molecule has 2 heteroatoms. The van der Waals surface area contributed by atoms with Gasteiger partial charge in [-0.05, 0) is 74.9 Å². The van der Waals surface area contributed by atoms with Gasteiger partial charge < -0.3 is 10.7 Å². The Morgan fingerprint density at radius 3 is 2.54 bits per heavy atom. The molecule has 0 radical (unpaired) electrons. The number of unbranched alkanes of at least 4 members (excludes halogenated alkanes) is 1. The van der Waals surface area contributed by atoms with Crippen LogP contribution in [0.3, 0.4) is 0 Å². The third kappa shape index (κ3) is 3.25. The number of fused-ring (bicyclic) bond motifs is 1. The molecule has 0 atom stereocenters. The summed E-state index contributed by atoms with van der Waals surface area (Å²) < 4.78 is 0. The van der Waals surface area contributed by atoms with Crippen LogP contribution in [0.4, 0.5) is 0 Å². The van der Waals surface area contributed by atoms with Crippen molar-refractivity contribution in [3.8, 4) is 11.3 Å². The number of rotatable bonds is 6. The van der Waals surface area contributed by atoms with E-state index in [-0.39, 0.29) is 0 Å². The average Bonchev–Trinajstić information content (AvgIpc) is 2.92. The van der Waals surface area contributed by atoms with Gasteiger partial charge in [0.25, 0.3) is 0 Å². The molecule has 0 saturated heterocycles. The molecular formula is C22H28N2. The smallest absolute Gasteiger partial charge is 0.0500 e. The maximum absolute atomic E-state index is 5.71. The minimum Gasteiger partial charge on any atom is -0.354 e. The fourth-order valence-electron chi connectivity index (χ4n) is 3.54. The van der Waals surface area contributed by atoms with Crippen LogP contribution in [0, 0.1) is 13.8 Å². The zero-order valence-corrected chi connectivity index (χ0v) is 15.1. The summed E-state index contributed by atoms with van der Waals surface area (Å²) >= 11 is 0. The molecule has 0 aliphatic rings. The predicted molar refractivity (Wildman–Crippen MR) is 105 cm³/mol. The van der Waals surface area contributed by atoms with Crippen molar-refractivity contribution in [3.63, 3.8) is 0 Å². The van der Waals surface area contributed by atoms with Crippen LogP contribution in [-0.2, 0) is 12.8 Å². The summed E-state index contributed by atoms with van der Waals surface area (Å²) in [5, 5.41) is 1.38. The molecule has 126 valence electrons.